The average Bonchev–Trinajstić information content (AvgIpc) is 2.77. The van der Waals surface area contributed by atoms with Gasteiger partial charge in [-0.15, -0.1) is 0 Å². The number of phenols is 1. The molecule has 6 nitrogen and oxygen atoms in total. The topological polar surface area (TPSA) is 97.7 Å². The Hall–Kier alpha value is -3.70. The lowest BCUT2D eigenvalue weighted by atomic mass is 9.83. The van der Waals surface area contributed by atoms with E-state index >= 15 is 0 Å². The molecule has 0 amide bonds. The van der Waals surface area contributed by atoms with Gasteiger partial charge in [-0.25, -0.2) is 4.39 Å². The van der Waals surface area contributed by atoms with Crippen molar-refractivity contribution >= 4 is 15.9 Å². The maximum absolute atomic E-state index is 14.0. The lowest BCUT2D eigenvalue weighted by Crippen LogP contribution is -2.21. The smallest absolute Gasteiger partial charge is 0.205 e. The Morgan fingerprint density at radius 2 is 2.00 bits per heavy atom. The molecule has 0 spiro atoms. The molecule has 32 heavy (non-hydrogen) atoms. The largest absolute Gasteiger partial charge is 0.508 e. The summed E-state index contributed by atoms with van der Waals surface area (Å²) in [5, 5.41) is 19.6. The van der Waals surface area contributed by atoms with E-state index in [4.69, 9.17) is 19.9 Å². The molecule has 1 heterocycles. The highest BCUT2D eigenvalue weighted by Crippen LogP contribution is 2.47. The van der Waals surface area contributed by atoms with Gasteiger partial charge in [0.15, 0.2) is 11.5 Å². The van der Waals surface area contributed by atoms with Crippen molar-refractivity contribution in [3.8, 4) is 29.1 Å². The van der Waals surface area contributed by atoms with E-state index in [1.165, 1.54) is 25.3 Å². The van der Waals surface area contributed by atoms with Crippen LogP contribution in [-0.4, -0.2) is 12.2 Å². The van der Waals surface area contributed by atoms with Crippen molar-refractivity contribution in [1.29, 1.82) is 5.26 Å². The van der Waals surface area contributed by atoms with Crippen LogP contribution in [-0.2, 0) is 6.61 Å². The van der Waals surface area contributed by atoms with Crippen molar-refractivity contribution < 1.29 is 23.7 Å². The molecule has 4 rings (SSSR count). The van der Waals surface area contributed by atoms with Crippen LogP contribution in [0.25, 0.3) is 0 Å². The zero-order valence-corrected chi connectivity index (χ0v) is 18.5. The number of aromatic hydroxyl groups is 1. The highest BCUT2D eigenvalue weighted by atomic mass is 79.9. The number of nitrogens with zero attached hydrogens (tertiary/aromatic N) is 1. The molecule has 162 valence electrons. The van der Waals surface area contributed by atoms with Gasteiger partial charge in [-0.2, -0.15) is 5.26 Å². The van der Waals surface area contributed by atoms with Gasteiger partial charge in [0.25, 0.3) is 0 Å². The quantitative estimate of drug-likeness (QED) is 0.509. The summed E-state index contributed by atoms with van der Waals surface area (Å²) < 4.78 is 31.5. The summed E-state index contributed by atoms with van der Waals surface area (Å²) in [6.45, 7) is 0.0106. The molecule has 1 aliphatic rings. The molecule has 0 saturated carbocycles. The molecular weight excluding hydrogens is 479 g/mol. The lowest BCUT2D eigenvalue weighted by Gasteiger charge is -2.27. The molecule has 1 aliphatic heterocycles. The van der Waals surface area contributed by atoms with Crippen molar-refractivity contribution in [1.82, 2.24) is 0 Å². The first kappa shape index (κ1) is 21.5. The van der Waals surface area contributed by atoms with Crippen LogP contribution >= 0.6 is 15.9 Å². The minimum Gasteiger partial charge on any atom is -0.508 e. The van der Waals surface area contributed by atoms with Crippen LogP contribution < -0.4 is 19.9 Å². The van der Waals surface area contributed by atoms with Gasteiger partial charge in [-0.1, -0.05) is 24.3 Å². The number of benzene rings is 3. The van der Waals surface area contributed by atoms with Crippen molar-refractivity contribution in [2.75, 3.05) is 7.11 Å². The molecule has 0 saturated heterocycles. The summed E-state index contributed by atoms with van der Waals surface area (Å²) in [7, 11) is 1.49. The second-order valence-electron chi connectivity index (χ2n) is 7.06. The third-order valence-electron chi connectivity index (χ3n) is 5.12. The summed E-state index contributed by atoms with van der Waals surface area (Å²) in [6.07, 6.45) is 0. The molecule has 0 radical (unpaired) electrons. The number of halogens is 2. The van der Waals surface area contributed by atoms with Crippen LogP contribution in [0.3, 0.4) is 0 Å². The van der Waals surface area contributed by atoms with Crippen LogP contribution in [0.1, 0.15) is 22.6 Å². The third-order valence-corrected chi connectivity index (χ3v) is 5.71. The van der Waals surface area contributed by atoms with E-state index in [1.54, 1.807) is 36.4 Å². The minimum atomic E-state index is -0.546. The van der Waals surface area contributed by atoms with E-state index < -0.39 is 5.92 Å². The van der Waals surface area contributed by atoms with E-state index in [2.05, 4.69) is 22.0 Å². The SMILES string of the molecule is COc1cc([C@H]2C(C#N)=C(N)Oc3cc(O)ccc32)cc(Br)c1OCc1ccccc1F. The average molecular weight is 497 g/mol. The first-order valence-corrected chi connectivity index (χ1v) is 10.4. The Balaban J connectivity index is 1.76. The van der Waals surface area contributed by atoms with Gasteiger partial charge in [-0.3, -0.25) is 0 Å². The summed E-state index contributed by atoms with van der Waals surface area (Å²) in [5.74, 6) is 0.232. The highest BCUT2D eigenvalue weighted by molar-refractivity contribution is 9.10. The molecule has 3 aromatic rings. The minimum absolute atomic E-state index is 0.0106. The number of nitrogens with two attached hydrogens (primary N) is 1. The van der Waals surface area contributed by atoms with E-state index in [0.29, 0.717) is 38.4 Å². The third kappa shape index (κ3) is 3.95. The summed E-state index contributed by atoms with van der Waals surface area (Å²) >= 11 is 3.51. The summed E-state index contributed by atoms with van der Waals surface area (Å²) in [4.78, 5) is 0. The van der Waals surface area contributed by atoms with Gasteiger partial charge in [0.2, 0.25) is 5.88 Å². The van der Waals surface area contributed by atoms with Crippen LogP contribution in [0.2, 0.25) is 0 Å². The van der Waals surface area contributed by atoms with Gasteiger partial charge in [0.05, 0.1) is 17.5 Å². The first-order chi connectivity index (χ1) is 15.4. The first-order valence-electron chi connectivity index (χ1n) is 9.57. The van der Waals surface area contributed by atoms with Crippen molar-refractivity contribution in [3.05, 3.63) is 93.0 Å². The Morgan fingerprint density at radius 3 is 2.72 bits per heavy atom. The highest BCUT2D eigenvalue weighted by Gasteiger charge is 2.32. The van der Waals surface area contributed by atoms with Gasteiger partial charge < -0.3 is 25.1 Å². The Labute approximate surface area is 192 Å². The number of fused-ring (bicyclic) bond motifs is 1. The van der Waals surface area contributed by atoms with Crippen LogP contribution in [0.15, 0.2) is 70.5 Å². The monoisotopic (exact) mass is 496 g/mol. The van der Waals surface area contributed by atoms with Gasteiger partial charge in [0, 0.05) is 17.2 Å². The van der Waals surface area contributed by atoms with E-state index in [9.17, 15) is 14.8 Å². The molecule has 8 heteroatoms. The summed E-state index contributed by atoms with van der Waals surface area (Å²) in [5.41, 5.74) is 8.00. The van der Waals surface area contributed by atoms with Gasteiger partial charge >= 0.3 is 0 Å². The molecule has 0 aliphatic carbocycles. The number of ether oxygens (including phenoxy) is 3. The van der Waals surface area contributed by atoms with Crippen LogP contribution in [0, 0.1) is 17.1 Å². The number of rotatable bonds is 5. The van der Waals surface area contributed by atoms with Crippen molar-refractivity contribution in [2.45, 2.75) is 12.5 Å². The normalized spacial score (nSPS) is 14.9. The van der Waals surface area contributed by atoms with Crippen molar-refractivity contribution in [2.24, 2.45) is 5.73 Å². The molecule has 3 N–H and O–H groups in total. The number of hydrogen-bond donors (Lipinski definition) is 2. The van der Waals surface area contributed by atoms with Crippen molar-refractivity contribution in [3.63, 3.8) is 0 Å². The summed E-state index contributed by atoms with van der Waals surface area (Å²) in [6, 6.07) is 16.6. The van der Waals surface area contributed by atoms with E-state index in [0.717, 1.165) is 0 Å². The van der Waals surface area contributed by atoms with Crippen LogP contribution in [0.4, 0.5) is 4.39 Å². The fourth-order valence-electron chi connectivity index (χ4n) is 3.60. The predicted octanol–water partition coefficient (Wildman–Crippen LogP) is 5.10. The number of phenolic OH excluding ortho intramolecular Hbond substituents is 1. The fourth-order valence-corrected chi connectivity index (χ4v) is 4.17. The molecule has 0 fully saturated rings. The predicted molar refractivity (Wildman–Crippen MR) is 119 cm³/mol. The second kappa shape index (κ2) is 8.81. The number of allylic oxidation sites excluding steroid dienone is 1. The van der Waals surface area contributed by atoms with Crippen LogP contribution in [0.5, 0.6) is 23.0 Å². The van der Waals surface area contributed by atoms with E-state index in [1.807, 2.05) is 0 Å². The zero-order valence-electron chi connectivity index (χ0n) is 16.9. The Bertz CT molecular complexity index is 1270. The maximum Gasteiger partial charge on any atom is 0.205 e. The Morgan fingerprint density at radius 1 is 1.22 bits per heavy atom. The molecule has 0 aromatic heterocycles. The molecule has 1 atom stereocenters. The molecule has 0 unspecified atom stereocenters. The Kier molecular flexibility index (Phi) is 5.93. The number of methoxy groups -OCH3 is 1. The van der Waals surface area contributed by atoms with E-state index in [-0.39, 0.29) is 29.6 Å². The standard InChI is InChI=1S/C24H18BrFN2O4/c1-30-21-9-14(8-18(25)23(21)31-12-13-4-2-3-5-19(13)26)22-16-7-6-15(29)10-20(16)32-24(28)17(22)11-27/h2-10,22,29H,12,28H2,1H3/t22-/m1/s1. The van der Waals surface area contributed by atoms with Gasteiger partial charge in [-0.05, 0) is 45.8 Å². The zero-order chi connectivity index (χ0) is 22.8. The molecular formula is C24H18BrFN2O4. The molecule has 0 bridgehead atoms. The van der Waals surface area contributed by atoms with Gasteiger partial charge in [0.1, 0.15) is 35.6 Å². The number of nitriles is 1. The fraction of sp³-hybridized carbons (Fsp3) is 0.125. The number of hydrogen-bond acceptors (Lipinski definition) is 6. The lowest BCUT2D eigenvalue weighted by molar-refractivity contribution is 0.277. The second-order valence-corrected chi connectivity index (χ2v) is 7.92. The maximum atomic E-state index is 14.0. The molecule has 3 aromatic carbocycles.